The Labute approximate surface area is 236 Å². The number of nitrogens with zero attached hydrogens (tertiary/aromatic N) is 5. The van der Waals surface area contributed by atoms with Crippen LogP contribution in [0.1, 0.15) is 28.5 Å². The van der Waals surface area contributed by atoms with Crippen LogP contribution in [-0.2, 0) is 5.41 Å². The minimum atomic E-state index is -0.330. The van der Waals surface area contributed by atoms with Crippen molar-refractivity contribution < 1.29 is 9.53 Å². The number of imidazole rings is 1. The predicted octanol–water partition coefficient (Wildman–Crippen LogP) is 5.39. The summed E-state index contributed by atoms with van der Waals surface area (Å²) in [4.78, 5) is 30.6. The second-order valence-corrected chi connectivity index (χ2v) is 10.2. The summed E-state index contributed by atoms with van der Waals surface area (Å²) in [6, 6.07) is 23.4. The fraction of sp³-hybridized carbons (Fsp3) is 0.121. The smallest absolute Gasteiger partial charge is 0.251 e. The first-order valence-electron chi connectivity index (χ1n) is 13.4. The van der Waals surface area contributed by atoms with Gasteiger partial charge in [-0.1, -0.05) is 42.5 Å². The lowest BCUT2D eigenvalue weighted by atomic mass is 9.89. The van der Waals surface area contributed by atoms with Crippen LogP contribution in [-0.4, -0.2) is 42.9 Å². The number of carbonyl (C=O) groups excluding carboxylic acids is 1. The van der Waals surface area contributed by atoms with Gasteiger partial charge in [0.15, 0.2) is 0 Å². The zero-order valence-electron chi connectivity index (χ0n) is 22.3. The van der Waals surface area contributed by atoms with E-state index in [2.05, 4.69) is 67.9 Å². The number of aromatic nitrogens is 5. The van der Waals surface area contributed by atoms with E-state index in [-0.39, 0.29) is 17.4 Å². The van der Waals surface area contributed by atoms with Gasteiger partial charge in [0.25, 0.3) is 5.91 Å². The minimum Gasteiger partial charge on any atom is -0.473 e. The number of allylic oxidation sites excluding steroid dienone is 2. The van der Waals surface area contributed by atoms with E-state index in [4.69, 9.17) is 4.74 Å². The van der Waals surface area contributed by atoms with Crippen molar-refractivity contribution in [2.45, 2.75) is 18.4 Å². The van der Waals surface area contributed by atoms with E-state index in [1.807, 2.05) is 72.4 Å². The van der Waals surface area contributed by atoms with Crippen molar-refractivity contribution in [3.8, 4) is 17.0 Å². The lowest BCUT2D eigenvalue weighted by Crippen LogP contribution is -2.33. The molecule has 2 aromatic carbocycles. The van der Waals surface area contributed by atoms with Gasteiger partial charge in [0, 0.05) is 47.4 Å². The summed E-state index contributed by atoms with van der Waals surface area (Å²) in [5, 5.41) is 4.03. The van der Waals surface area contributed by atoms with Gasteiger partial charge in [-0.3, -0.25) is 14.2 Å². The number of benzene rings is 2. The van der Waals surface area contributed by atoms with Crippen LogP contribution >= 0.6 is 0 Å². The first-order chi connectivity index (χ1) is 20.1. The number of ether oxygens (including phenoxy) is 1. The molecular formula is C33H26N6O2. The maximum atomic E-state index is 12.8. The van der Waals surface area contributed by atoms with Gasteiger partial charge in [0.05, 0.1) is 29.4 Å². The Balaban J connectivity index is 1.09. The number of rotatable bonds is 8. The molecule has 4 aromatic heterocycles. The SMILES string of the molecule is CC(CNC(=O)c1ccc(-c2cnc3ncc(C4(c5ccc6ncccc6c5)C=C4)n3c2)cc1)Oc1ccccn1. The number of pyridine rings is 2. The van der Waals surface area contributed by atoms with Crippen molar-refractivity contribution in [3.05, 3.63) is 133 Å². The summed E-state index contributed by atoms with van der Waals surface area (Å²) < 4.78 is 7.79. The molecule has 7 rings (SSSR count). The molecule has 1 atom stereocenters. The van der Waals surface area contributed by atoms with Crippen molar-refractivity contribution >= 4 is 22.6 Å². The predicted molar refractivity (Wildman–Crippen MR) is 157 cm³/mol. The molecule has 0 saturated carbocycles. The van der Waals surface area contributed by atoms with Crippen molar-refractivity contribution in [2.75, 3.05) is 6.54 Å². The molecule has 6 aromatic rings. The quantitative estimate of drug-likeness (QED) is 0.261. The molecule has 1 N–H and O–H groups in total. The van der Waals surface area contributed by atoms with Gasteiger partial charge in [-0.2, -0.15) is 0 Å². The lowest BCUT2D eigenvalue weighted by Gasteiger charge is -2.17. The van der Waals surface area contributed by atoms with E-state index in [0.717, 1.165) is 27.7 Å². The van der Waals surface area contributed by atoms with Crippen molar-refractivity contribution in [2.24, 2.45) is 0 Å². The summed E-state index contributed by atoms with van der Waals surface area (Å²) in [5.41, 5.74) is 5.30. The van der Waals surface area contributed by atoms with Crippen molar-refractivity contribution in [1.29, 1.82) is 0 Å². The first kappa shape index (κ1) is 24.7. The van der Waals surface area contributed by atoms with Gasteiger partial charge in [-0.15, -0.1) is 0 Å². The molecule has 0 saturated heterocycles. The average Bonchev–Trinajstić information content (AvgIpc) is 3.72. The van der Waals surface area contributed by atoms with E-state index < -0.39 is 0 Å². The van der Waals surface area contributed by atoms with Crippen molar-refractivity contribution in [1.82, 2.24) is 29.7 Å². The molecule has 0 aliphatic heterocycles. The Bertz CT molecular complexity index is 1910. The summed E-state index contributed by atoms with van der Waals surface area (Å²) in [5.74, 6) is 1.01. The maximum absolute atomic E-state index is 12.8. The van der Waals surface area contributed by atoms with E-state index >= 15 is 0 Å². The topological polar surface area (TPSA) is 94.3 Å². The van der Waals surface area contributed by atoms with E-state index in [9.17, 15) is 4.79 Å². The van der Waals surface area contributed by atoms with Crippen LogP contribution in [0.4, 0.5) is 0 Å². The number of fused-ring (bicyclic) bond motifs is 2. The Kier molecular flexibility index (Phi) is 6.00. The zero-order valence-corrected chi connectivity index (χ0v) is 22.3. The molecule has 41 heavy (non-hydrogen) atoms. The minimum absolute atomic E-state index is 0.161. The summed E-state index contributed by atoms with van der Waals surface area (Å²) >= 11 is 0. The molecule has 1 aliphatic rings. The third-order valence-electron chi connectivity index (χ3n) is 7.36. The highest BCUT2D eigenvalue weighted by atomic mass is 16.5. The molecule has 4 heterocycles. The van der Waals surface area contributed by atoms with Crippen LogP contribution in [0.25, 0.3) is 27.8 Å². The Hall–Kier alpha value is -5.37. The highest BCUT2D eigenvalue weighted by Crippen LogP contribution is 2.45. The van der Waals surface area contributed by atoms with Crippen LogP contribution in [0.5, 0.6) is 5.88 Å². The Morgan fingerprint density at radius 3 is 2.54 bits per heavy atom. The average molecular weight is 539 g/mol. The Morgan fingerprint density at radius 2 is 1.73 bits per heavy atom. The molecule has 8 heteroatoms. The van der Waals surface area contributed by atoms with Gasteiger partial charge in [0.2, 0.25) is 11.7 Å². The van der Waals surface area contributed by atoms with Crippen LogP contribution in [0.15, 0.2) is 116 Å². The summed E-state index contributed by atoms with van der Waals surface area (Å²) in [6.45, 7) is 2.26. The monoisotopic (exact) mass is 538 g/mol. The van der Waals surface area contributed by atoms with Crippen LogP contribution in [0.3, 0.4) is 0 Å². The third kappa shape index (κ3) is 4.69. The van der Waals surface area contributed by atoms with Gasteiger partial charge in [-0.25, -0.2) is 15.0 Å². The van der Waals surface area contributed by atoms with Crippen LogP contribution in [0.2, 0.25) is 0 Å². The molecule has 1 unspecified atom stereocenters. The molecule has 1 aliphatic carbocycles. The number of carbonyl (C=O) groups is 1. The number of hydrogen-bond donors (Lipinski definition) is 1. The fourth-order valence-corrected chi connectivity index (χ4v) is 5.07. The van der Waals surface area contributed by atoms with E-state index in [1.54, 1.807) is 12.3 Å². The van der Waals surface area contributed by atoms with Gasteiger partial charge >= 0.3 is 0 Å². The maximum Gasteiger partial charge on any atom is 0.251 e. The third-order valence-corrected chi connectivity index (χ3v) is 7.36. The van der Waals surface area contributed by atoms with E-state index in [0.29, 0.717) is 23.8 Å². The Morgan fingerprint density at radius 1 is 0.902 bits per heavy atom. The second kappa shape index (κ2) is 9.98. The van der Waals surface area contributed by atoms with Crippen molar-refractivity contribution in [3.63, 3.8) is 0 Å². The molecule has 200 valence electrons. The highest BCUT2D eigenvalue weighted by Gasteiger charge is 2.41. The second-order valence-electron chi connectivity index (χ2n) is 10.2. The van der Waals surface area contributed by atoms with Crippen LogP contribution in [0, 0.1) is 0 Å². The standard InChI is InChI=1S/C33H26N6O2/c1-22(41-30-6-2-3-15-35-30)18-36-31(40)24-9-7-23(8-10-24)26-19-37-32-38-20-29(39(32)21-26)33(13-14-33)27-11-12-28-25(17-27)5-4-16-34-28/h2-17,19-22H,18H2,1H3,(H,36,40). The highest BCUT2D eigenvalue weighted by molar-refractivity contribution is 5.94. The van der Waals surface area contributed by atoms with E-state index in [1.165, 1.54) is 5.56 Å². The molecule has 0 fully saturated rings. The molecule has 1 amide bonds. The van der Waals surface area contributed by atoms with Gasteiger partial charge in [-0.05, 0) is 54.4 Å². The van der Waals surface area contributed by atoms with Crippen LogP contribution < -0.4 is 10.1 Å². The lowest BCUT2D eigenvalue weighted by molar-refractivity contribution is 0.0931. The fourth-order valence-electron chi connectivity index (χ4n) is 5.07. The molecule has 0 bridgehead atoms. The normalized spacial score (nSPS) is 14.2. The largest absolute Gasteiger partial charge is 0.473 e. The number of nitrogens with one attached hydrogen (secondary N) is 1. The van der Waals surface area contributed by atoms with Gasteiger partial charge in [0.1, 0.15) is 6.10 Å². The summed E-state index contributed by atoms with van der Waals surface area (Å²) in [6.07, 6.45) is 13.4. The zero-order chi connectivity index (χ0) is 27.8. The number of hydrogen-bond acceptors (Lipinski definition) is 6. The van der Waals surface area contributed by atoms with Gasteiger partial charge < -0.3 is 10.1 Å². The first-order valence-corrected chi connectivity index (χ1v) is 13.4. The molecular weight excluding hydrogens is 512 g/mol. The number of amides is 1. The molecule has 8 nitrogen and oxygen atoms in total. The molecule has 0 radical (unpaired) electrons. The molecule has 0 spiro atoms. The summed E-state index contributed by atoms with van der Waals surface area (Å²) in [7, 11) is 0.